The van der Waals surface area contributed by atoms with Gasteiger partial charge in [0.15, 0.2) is 0 Å². The number of hydrogen-bond acceptors (Lipinski definition) is 1. The lowest BCUT2D eigenvalue weighted by atomic mass is 10.3. The Morgan fingerprint density at radius 2 is 2.00 bits per heavy atom. The first kappa shape index (κ1) is 9.65. The highest BCUT2D eigenvalue weighted by Crippen LogP contribution is 2.09. The zero-order valence-corrected chi connectivity index (χ0v) is 7.39. The van der Waals surface area contributed by atoms with Gasteiger partial charge in [-0.25, -0.2) is 0 Å². The molecule has 0 aliphatic heterocycles. The van der Waals surface area contributed by atoms with Gasteiger partial charge in [0.1, 0.15) is 0 Å². The molecule has 0 spiro atoms. The third kappa shape index (κ3) is 7.65. The lowest BCUT2D eigenvalue weighted by Gasteiger charge is -2.08. The van der Waals surface area contributed by atoms with Gasteiger partial charge in [-0.2, -0.15) is 0 Å². The summed E-state index contributed by atoms with van der Waals surface area (Å²) in [5.41, 5.74) is 0. The summed E-state index contributed by atoms with van der Waals surface area (Å²) in [5.74, 6) is -0.807. The van der Waals surface area contributed by atoms with Gasteiger partial charge in [0.05, 0.1) is 0 Å². The lowest BCUT2D eigenvalue weighted by Crippen LogP contribution is -2.22. The summed E-state index contributed by atoms with van der Waals surface area (Å²) >= 11 is 0. The van der Waals surface area contributed by atoms with E-state index in [9.17, 15) is 9.59 Å². The van der Waals surface area contributed by atoms with E-state index in [-0.39, 0.29) is 6.42 Å². The zero-order valence-electron chi connectivity index (χ0n) is 6.39. The predicted octanol–water partition coefficient (Wildman–Crippen LogP) is 1.49. The van der Waals surface area contributed by atoms with Gasteiger partial charge < -0.3 is 5.11 Å². The molecular weight excluding hydrogens is 148 g/mol. The Labute approximate surface area is 61.8 Å². The molecule has 0 atom stereocenters. The molecule has 1 radical (unpaired) electrons. The number of carboxylic acids is 1. The van der Waals surface area contributed by atoms with Crippen LogP contribution in [0.3, 0.4) is 0 Å². The van der Waals surface area contributed by atoms with Crippen LogP contribution in [0.2, 0.25) is 19.1 Å². The predicted molar refractivity (Wildman–Crippen MR) is 39.8 cm³/mol. The first-order chi connectivity index (χ1) is 4.42. The minimum atomic E-state index is -2.24. The molecule has 10 heavy (non-hydrogen) atoms. The minimum absolute atomic E-state index is 0.138. The number of carbonyl (C=O) groups is 1. The maximum Gasteiger partial charge on any atom is 0.303 e. The van der Waals surface area contributed by atoms with E-state index in [4.69, 9.17) is 5.11 Å². The molecule has 0 aliphatic carbocycles. The fourth-order valence-electron chi connectivity index (χ4n) is 0.665. The largest absolute Gasteiger partial charge is 0.481 e. The van der Waals surface area contributed by atoms with E-state index >= 15 is 0 Å². The molecule has 0 aromatic rings. The second kappa shape index (κ2) is 3.73. The topological polar surface area (TPSA) is 57.2 Å². The average molecular weight is 161 g/mol. The normalized spacial score (nSPS) is 11.5. The zero-order chi connectivity index (χ0) is 8.20. The summed E-state index contributed by atoms with van der Waals surface area (Å²) in [6.45, 7) is 3.41. The number of aliphatic carboxylic acids is 1. The molecular formula is C6H13O3Si. The minimum Gasteiger partial charge on any atom is -0.481 e. The molecule has 0 heterocycles. The standard InChI is InChI=1S/C6H13O3Si/c1-10(2,9)5-3-4-6(7)8/h3-5H2,1-2H3,(H,7,8). The lowest BCUT2D eigenvalue weighted by molar-refractivity contribution is -0.137. The van der Waals surface area contributed by atoms with Crippen molar-refractivity contribution in [3.63, 3.8) is 0 Å². The molecule has 4 heteroatoms. The highest BCUT2D eigenvalue weighted by atomic mass is 28.4. The second-order valence-corrected chi connectivity index (χ2v) is 7.03. The Morgan fingerprint density at radius 3 is 2.30 bits per heavy atom. The summed E-state index contributed by atoms with van der Waals surface area (Å²) in [6, 6.07) is 0.569. The number of carboxylic acid groups (broad SMARTS) is 1. The van der Waals surface area contributed by atoms with Crippen LogP contribution in [0.15, 0.2) is 0 Å². The van der Waals surface area contributed by atoms with Crippen LogP contribution in [0, 0.1) is 0 Å². The van der Waals surface area contributed by atoms with Crippen molar-refractivity contribution in [3.05, 3.63) is 0 Å². The van der Waals surface area contributed by atoms with Crippen molar-refractivity contribution in [2.75, 3.05) is 0 Å². The van der Waals surface area contributed by atoms with Crippen molar-refractivity contribution < 1.29 is 14.7 Å². The van der Waals surface area contributed by atoms with Gasteiger partial charge >= 0.3 is 5.97 Å². The Bertz CT molecular complexity index is 117. The highest BCUT2D eigenvalue weighted by molar-refractivity contribution is 6.69. The third-order valence-corrected chi connectivity index (χ3v) is 2.73. The third-order valence-electron chi connectivity index (χ3n) is 1.17. The van der Waals surface area contributed by atoms with Gasteiger partial charge in [-0.15, -0.1) is 0 Å². The molecule has 0 aromatic carbocycles. The van der Waals surface area contributed by atoms with Gasteiger partial charge in [-0.05, 0) is 25.6 Å². The smallest absolute Gasteiger partial charge is 0.303 e. The van der Waals surface area contributed by atoms with Crippen molar-refractivity contribution in [1.82, 2.24) is 0 Å². The van der Waals surface area contributed by atoms with Gasteiger partial charge in [0, 0.05) is 6.42 Å². The van der Waals surface area contributed by atoms with E-state index in [2.05, 4.69) is 0 Å². The second-order valence-electron chi connectivity index (χ2n) is 3.01. The van der Waals surface area contributed by atoms with Crippen LogP contribution in [-0.2, 0) is 9.59 Å². The van der Waals surface area contributed by atoms with Gasteiger partial charge in [-0.3, -0.25) is 9.59 Å². The SMILES string of the molecule is C[Si](C)([O])CCCC(=O)O. The van der Waals surface area contributed by atoms with Gasteiger partial charge in [0.2, 0.25) is 8.32 Å². The van der Waals surface area contributed by atoms with Crippen molar-refractivity contribution in [2.45, 2.75) is 32.0 Å². The summed E-state index contributed by atoms with van der Waals surface area (Å²) in [5, 5.41) is 8.22. The fraction of sp³-hybridized carbons (Fsp3) is 0.833. The number of hydrogen-bond donors (Lipinski definition) is 1. The Balaban J connectivity index is 3.29. The monoisotopic (exact) mass is 161 g/mol. The summed E-state index contributed by atoms with van der Waals surface area (Å²) < 4.78 is 0. The molecule has 0 unspecified atom stereocenters. The van der Waals surface area contributed by atoms with Crippen LogP contribution in [0.4, 0.5) is 0 Å². The summed E-state index contributed by atoms with van der Waals surface area (Å²) in [6.07, 6.45) is 0.677. The van der Waals surface area contributed by atoms with E-state index in [1.807, 2.05) is 0 Å². The first-order valence-electron chi connectivity index (χ1n) is 3.34. The van der Waals surface area contributed by atoms with Crippen LogP contribution >= 0.6 is 0 Å². The van der Waals surface area contributed by atoms with Gasteiger partial charge in [0.25, 0.3) is 0 Å². The van der Waals surface area contributed by atoms with E-state index in [1.54, 1.807) is 13.1 Å². The van der Waals surface area contributed by atoms with E-state index in [0.29, 0.717) is 12.5 Å². The average Bonchev–Trinajstić information content (AvgIpc) is 1.59. The molecule has 0 fully saturated rings. The van der Waals surface area contributed by atoms with Gasteiger partial charge in [-0.1, -0.05) is 0 Å². The summed E-state index contributed by atoms with van der Waals surface area (Å²) in [7, 11) is -2.24. The Kier molecular flexibility index (Phi) is 3.60. The maximum atomic E-state index is 11.0. The maximum absolute atomic E-state index is 11.0. The molecule has 0 saturated carbocycles. The van der Waals surface area contributed by atoms with Crippen LogP contribution in [0.5, 0.6) is 0 Å². The number of rotatable bonds is 4. The fourth-order valence-corrected chi connectivity index (χ4v) is 1.69. The van der Waals surface area contributed by atoms with Crippen LogP contribution in [0.25, 0.3) is 0 Å². The van der Waals surface area contributed by atoms with Crippen molar-refractivity contribution >= 4 is 14.3 Å². The molecule has 0 aromatic heterocycles. The molecule has 0 aliphatic rings. The molecule has 0 bridgehead atoms. The van der Waals surface area contributed by atoms with Crippen molar-refractivity contribution in [3.8, 4) is 0 Å². The molecule has 1 N–H and O–H groups in total. The molecule has 59 valence electrons. The molecule has 0 rings (SSSR count). The first-order valence-corrected chi connectivity index (χ1v) is 6.45. The summed E-state index contributed by atoms with van der Waals surface area (Å²) in [4.78, 5) is 21.0. The van der Waals surface area contributed by atoms with Crippen LogP contribution in [-0.4, -0.2) is 19.4 Å². The van der Waals surface area contributed by atoms with Crippen LogP contribution < -0.4 is 0 Å². The van der Waals surface area contributed by atoms with Crippen molar-refractivity contribution in [1.29, 1.82) is 0 Å². The Hall–Kier alpha value is -0.353. The van der Waals surface area contributed by atoms with Crippen molar-refractivity contribution in [2.24, 2.45) is 0 Å². The molecule has 3 nitrogen and oxygen atoms in total. The van der Waals surface area contributed by atoms with E-state index in [0.717, 1.165) is 0 Å². The van der Waals surface area contributed by atoms with E-state index < -0.39 is 14.3 Å². The molecule has 0 amide bonds. The molecule has 0 saturated heterocycles. The van der Waals surface area contributed by atoms with Crippen LogP contribution in [0.1, 0.15) is 12.8 Å². The Morgan fingerprint density at radius 1 is 1.50 bits per heavy atom. The quantitative estimate of drug-likeness (QED) is 0.635. The van der Waals surface area contributed by atoms with E-state index in [1.165, 1.54) is 0 Å². The highest BCUT2D eigenvalue weighted by Gasteiger charge is 2.19.